The van der Waals surface area contributed by atoms with Crippen molar-refractivity contribution < 1.29 is 28.9 Å². The second-order valence-electron chi connectivity index (χ2n) is 5.15. The van der Waals surface area contributed by atoms with Crippen LogP contribution in [0.25, 0.3) is 21.9 Å². The number of halogens is 2. The predicted molar refractivity (Wildman–Crippen MR) is 83.5 cm³/mol. The third-order valence-corrected chi connectivity index (χ3v) is 3.65. The summed E-state index contributed by atoms with van der Waals surface area (Å²) in [6, 6.07) is 9.35. The molecule has 0 atom stereocenters. The van der Waals surface area contributed by atoms with Crippen molar-refractivity contribution in [2.45, 2.75) is 13.8 Å². The molecule has 6 heteroatoms. The van der Waals surface area contributed by atoms with Gasteiger partial charge in [-0.25, -0.2) is 0 Å². The molecule has 0 N–H and O–H groups in total. The van der Waals surface area contributed by atoms with Crippen molar-refractivity contribution in [3.63, 3.8) is 0 Å². The summed E-state index contributed by atoms with van der Waals surface area (Å²) in [4.78, 5) is 7.10. The van der Waals surface area contributed by atoms with Gasteiger partial charge in [0, 0.05) is 49.8 Å². The number of hydrogen-bond acceptors (Lipinski definition) is 1. The number of imidazole rings is 1. The molecule has 1 heterocycles. The minimum Gasteiger partial charge on any atom is -0.339 e. The molecule has 0 bridgehead atoms. The first-order valence-corrected chi connectivity index (χ1v) is 6.92. The van der Waals surface area contributed by atoms with Gasteiger partial charge in [-0.2, -0.15) is 0 Å². The quantitative estimate of drug-likeness (QED) is 0.465. The van der Waals surface area contributed by atoms with Crippen LogP contribution in [0.2, 0.25) is 0 Å². The zero-order valence-corrected chi connectivity index (χ0v) is 15.3. The van der Waals surface area contributed by atoms with Crippen molar-refractivity contribution in [2.75, 3.05) is 0 Å². The van der Waals surface area contributed by atoms with Crippen LogP contribution in [0.4, 0.5) is 14.5 Å². The summed E-state index contributed by atoms with van der Waals surface area (Å²) in [7, 11) is 0. The summed E-state index contributed by atoms with van der Waals surface area (Å²) in [5.74, 6) is -1.59. The fraction of sp³-hybridized carbons (Fsp3) is 0.111. The molecule has 3 aromatic rings. The molecule has 0 aliphatic rings. The zero-order valence-electron chi connectivity index (χ0n) is 12.9. The van der Waals surface area contributed by atoms with E-state index in [0.717, 1.165) is 22.9 Å². The van der Waals surface area contributed by atoms with Gasteiger partial charge in [0.1, 0.15) is 0 Å². The number of aryl methyl sites for hydroxylation is 2. The van der Waals surface area contributed by atoms with Gasteiger partial charge in [0.15, 0.2) is 5.69 Å². The third-order valence-electron chi connectivity index (χ3n) is 3.65. The average Bonchev–Trinajstić information content (AvgIpc) is 2.97. The molecular weight excluding hydrogens is 488 g/mol. The molecular formula is C18H12F2IrN3-. The minimum atomic E-state index is -0.946. The summed E-state index contributed by atoms with van der Waals surface area (Å²) in [6.07, 6.45) is 3.24. The van der Waals surface area contributed by atoms with Gasteiger partial charge in [0.2, 0.25) is 0 Å². The maximum Gasteiger partial charge on any atom is 0.176 e. The molecule has 3 nitrogen and oxygen atoms in total. The Hall–Kier alpha value is -2.35. The molecule has 0 aliphatic heterocycles. The molecule has 123 valence electrons. The van der Waals surface area contributed by atoms with Crippen molar-refractivity contribution in [3.05, 3.63) is 76.9 Å². The Morgan fingerprint density at radius 3 is 2.50 bits per heavy atom. The largest absolute Gasteiger partial charge is 0.339 e. The maximum absolute atomic E-state index is 14.5. The Morgan fingerprint density at radius 1 is 1.21 bits per heavy atom. The third kappa shape index (κ3) is 2.89. The van der Waals surface area contributed by atoms with Crippen LogP contribution >= 0.6 is 0 Å². The molecule has 1 radical (unpaired) electrons. The second-order valence-corrected chi connectivity index (χ2v) is 5.15. The van der Waals surface area contributed by atoms with E-state index in [1.807, 2.05) is 32.0 Å². The van der Waals surface area contributed by atoms with Crippen LogP contribution in [0.5, 0.6) is 0 Å². The van der Waals surface area contributed by atoms with Crippen molar-refractivity contribution in [1.29, 1.82) is 0 Å². The summed E-state index contributed by atoms with van der Waals surface area (Å²) in [6.45, 7) is 10.8. The van der Waals surface area contributed by atoms with Crippen LogP contribution in [0.1, 0.15) is 11.1 Å². The number of para-hydroxylation sites is 1. The Kier molecular flexibility index (Phi) is 5.28. The van der Waals surface area contributed by atoms with Crippen molar-refractivity contribution in [2.24, 2.45) is 0 Å². The van der Waals surface area contributed by atoms with Gasteiger partial charge in [0.25, 0.3) is 0 Å². The molecule has 3 rings (SSSR count). The Labute approximate surface area is 152 Å². The molecule has 0 saturated heterocycles. The summed E-state index contributed by atoms with van der Waals surface area (Å²) in [5, 5.41) is 0. The van der Waals surface area contributed by atoms with E-state index in [1.54, 1.807) is 10.8 Å². The molecule has 0 aliphatic carbocycles. The maximum atomic E-state index is 14.5. The van der Waals surface area contributed by atoms with Gasteiger partial charge in [-0.3, -0.25) is 18.6 Å². The van der Waals surface area contributed by atoms with Crippen molar-refractivity contribution >= 4 is 5.69 Å². The van der Waals surface area contributed by atoms with Crippen molar-refractivity contribution in [3.8, 4) is 17.1 Å². The number of nitrogens with zero attached hydrogens (tertiary/aromatic N) is 3. The van der Waals surface area contributed by atoms with Crippen LogP contribution in [-0.4, -0.2) is 9.55 Å². The molecule has 2 aromatic carbocycles. The van der Waals surface area contributed by atoms with E-state index in [2.05, 4.69) is 15.9 Å². The summed E-state index contributed by atoms with van der Waals surface area (Å²) < 4.78 is 29.7. The number of rotatable bonds is 2. The summed E-state index contributed by atoms with van der Waals surface area (Å²) in [5.41, 5.74) is 2.20. The van der Waals surface area contributed by atoms with Crippen LogP contribution < -0.4 is 0 Å². The van der Waals surface area contributed by atoms with Crippen LogP contribution in [-0.2, 0) is 20.1 Å². The zero-order chi connectivity index (χ0) is 16.6. The molecule has 0 amide bonds. The molecule has 0 unspecified atom stereocenters. The number of benzene rings is 2. The average molecular weight is 501 g/mol. The molecule has 0 spiro atoms. The molecule has 0 saturated carbocycles. The van der Waals surface area contributed by atoms with Gasteiger partial charge < -0.3 is 4.57 Å². The predicted octanol–water partition coefficient (Wildman–Crippen LogP) is 4.78. The van der Waals surface area contributed by atoms with E-state index in [4.69, 9.17) is 6.57 Å². The Balaban J connectivity index is 0.00000208. The number of hydrogen-bond donors (Lipinski definition) is 0. The smallest absolute Gasteiger partial charge is 0.176 e. The van der Waals surface area contributed by atoms with E-state index >= 15 is 0 Å². The van der Waals surface area contributed by atoms with Crippen LogP contribution in [0, 0.1) is 38.1 Å². The fourth-order valence-corrected chi connectivity index (χ4v) is 2.61. The monoisotopic (exact) mass is 501 g/mol. The first kappa shape index (κ1) is 18.0. The molecule has 0 fully saturated rings. The van der Waals surface area contributed by atoms with Gasteiger partial charge in [-0.15, -0.1) is 12.1 Å². The van der Waals surface area contributed by atoms with Gasteiger partial charge in [-0.05, 0) is 25.0 Å². The van der Waals surface area contributed by atoms with E-state index in [-0.39, 0.29) is 31.5 Å². The summed E-state index contributed by atoms with van der Waals surface area (Å²) >= 11 is 0. The normalized spacial score (nSPS) is 10.1. The Morgan fingerprint density at radius 2 is 1.88 bits per heavy atom. The van der Waals surface area contributed by atoms with E-state index in [9.17, 15) is 8.78 Å². The molecule has 24 heavy (non-hydrogen) atoms. The minimum absolute atomic E-state index is 0. The standard InChI is InChI=1S/C18H12F2N3.Ir/c1-11-5-4-6-12(2)17(11)23-10-9-22-18(23)13-7-8-14(19)16(21-3)15(13)20;/h4-6,8-10H,1-2H3;/q-1;. The topological polar surface area (TPSA) is 22.2 Å². The molecule has 1 aromatic heterocycles. The van der Waals surface area contributed by atoms with Gasteiger partial charge in [0.05, 0.1) is 12.4 Å². The van der Waals surface area contributed by atoms with Gasteiger partial charge >= 0.3 is 0 Å². The van der Waals surface area contributed by atoms with Crippen molar-refractivity contribution in [1.82, 2.24) is 9.55 Å². The van der Waals surface area contributed by atoms with E-state index in [0.29, 0.717) is 0 Å². The first-order chi connectivity index (χ1) is 11.0. The van der Waals surface area contributed by atoms with Crippen LogP contribution in [0.15, 0.2) is 36.7 Å². The van der Waals surface area contributed by atoms with Crippen LogP contribution in [0.3, 0.4) is 0 Å². The SMILES string of the molecule is [C-]#[N+]c1c(F)c[c-]c(-c2nccn2-c2c(C)cccc2C)c1F.[Ir]. The van der Waals surface area contributed by atoms with E-state index in [1.165, 1.54) is 6.20 Å². The second kappa shape index (κ2) is 7.04. The Bertz CT molecular complexity index is 922. The number of aromatic nitrogens is 2. The fourth-order valence-electron chi connectivity index (χ4n) is 2.61. The van der Waals surface area contributed by atoms with E-state index < -0.39 is 17.3 Å². The first-order valence-electron chi connectivity index (χ1n) is 6.92. The van der Waals surface area contributed by atoms with Gasteiger partial charge in [-0.1, -0.05) is 23.8 Å².